The van der Waals surface area contributed by atoms with E-state index in [0.29, 0.717) is 33.7 Å². The Morgan fingerprint density at radius 3 is 2.55 bits per heavy atom. The zero-order valence-corrected chi connectivity index (χ0v) is 17.3. The third kappa shape index (κ3) is 3.57. The lowest BCUT2D eigenvalue weighted by Gasteiger charge is -2.15. The van der Waals surface area contributed by atoms with E-state index in [0.717, 1.165) is 5.69 Å². The predicted molar refractivity (Wildman–Crippen MR) is 113 cm³/mol. The number of benzene rings is 3. The zero-order valence-electron chi connectivity index (χ0n) is 15.7. The van der Waals surface area contributed by atoms with Gasteiger partial charge in [0, 0.05) is 34.4 Å². The fraction of sp³-hybridized carbons (Fsp3) is 0.190. The average Bonchev–Trinajstić information content (AvgIpc) is 3.00. The second-order valence-electron chi connectivity index (χ2n) is 6.56. The first-order valence-electron chi connectivity index (χ1n) is 9.18. The van der Waals surface area contributed by atoms with Gasteiger partial charge in [-0.1, -0.05) is 23.7 Å². The van der Waals surface area contributed by atoms with Gasteiger partial charge in [-0.05, 0) is 49.4 Å². The van der Waals surface area contributed by atoms with E-state index in [2.05, 4.69) is 4.72 Å². The van der Waals surface area contributed by atoms with E-state index in [1.54, 1.807) is 59.5 Å². The number of carbonyl (C=O) groups excluding carboxylic acids is 1. The van der Waals surface area contributed by atoms with E-state index in [-0.39, 0.29) is 24.0 Å². The molecule has 0 radical (unpaired) electrons. The molecule has 3 aromatic carbocycles. The highest BCUT2D eigenvalue weighted by Gasteiger charge is 2.31. The number of hydrogen-bond donors (Lipinski definition) is 1. The second kappa shape index (κ2) is 7.67. The summed E-state index contributed by atoms with van der Waals surface area (Å²) in [5.74, 6) is 0.504. The standard InChI is InChI=1S/C21H19ClN2O4S/c1-2-24-18-10-11-19(16-4-3-5-17(20(16)18)21(24)25)29(26,27)23-12-13-28-15-8-6-14(22)7-9-15/h3-11,23H,2,12-13H2,1H3. The summed E-state index contributed by atoms with van der Waals surface area (Å²) in [7, 11) is -3.78. The molecule has 4 rings (SSSR count). The van der Waals surface area contributed by atoms with Gasteiger partial charge in [-0.2, -0.15) is 0 Å². The fourth-order valence-corrected chi connectivity index (χ4v) is 4.86. The highest BCUT2D eigenvalue weighted by atomic mass is 35.5. The van der Waals surface area contributed by atoms with Gasteiger partial charge in [-0.15, -0.1) is 0 Å². The lowest BCUT2D eigenvalue weighted by Crippen LogP contribution is -2.28. The summed E-state index contributed by atoms with van der Waals surface area (Å²) in [4.78, 5) is 14.4. The number of carbonyl (C=O) groups is 1. The molecule has 1 N–H and O–H groups in total. The van der Waals surface area contributed by atoms with Crippen LogP contribution in [-0.4, -0.2) is 34.0 Å². The van der Waals surface area contributed by atoms with Gasteiger partial charge < -0.3 is 9.64 Å². The summed E-state index contributed by atoms with van der Waals surface area (Å²) in [5.41, 5.74) is 1.27. The molecule has 1 aliphatic rings. The summed E-state index contributed by atoms with van der Waals surface area (Å²) in [6.07, 6.45) is 0. The molecule has 1 amide bonds. The highest BCUT2D eigenvalue weighted by molar-refractivity contribution is 7.89. The van der Waals surface area contributed by atoms with Gasteiger partial charge in [-0.25, -0.2) is 13.1 Å². The van der Waals surface area contributed by atoms with E-state index >= 15 is 0 Å². The van der Waals surface area contributed by atoms with Crippen LogP contribution in [0.1, 0.15) is 17.3 Å². The SMILES string of the molecule is CCN1C(=O)c2cccc3c(S(=O)(=O)NCCOc4ccc(Cl)cc4)ccc1c23. The van der Waals surface area contributed by atoms with Crippen molar-refractivity contribution in [2.24, 2.45) is 0 Å². The highest BCUT2D eigenvalue weighted by Crippen LogP contribution is 2.39. The Morgan fingerprint density at radius 2 is 1.83 bits per heavy atom. The summed E-state index contributed by atoms with van der Waals surface area (Å²) in [5, 5.41) is 1.82. The third-order valence-corrected chi connectivity index (χ3v) is 6.60. The van der Waals surface area contributed by atoms with Crippen LogP contribution in [0.5, 0.6) is 5.75 Å². The Balaban J connectivity index is 1.56. The maximum atomic E-state index is 12.9. The molecular formula is C21H19ClN2O4S. The number of rotatable bonds is 7. The Labute approximate surface area is 174 Å². The number of ether oxygens (including phenoxy) is 1. The van der Waals surface area contributed by atoms with E-state index in [9.17, 15) is 13.2 Å². The smallest absolute Gasteiger partial charge is 0.258 e. The minimum Gasteiger partial charge on any atom is -0.492 e. The molecule has 1 heterocycles. The van der Waals surface area contributed by atoms with Crippen LogP contribution in [0.2, 0.25) is 5.02 Å². The largest absolute Gasteiger partial charge is 0.492 e. The van der Waals surface area contributed by atoms with Crippen LogP contribution < -0.4 is 14.4 Å². The molecule has 0 unspecified atom stereocenters. The Hall–Kier alpha value is -2.61. The van der Waals surface area contributed by atoms with Gasteiger partial charge in [0.05, 0.1) is 10.6 Å². The number of nitrogens with zero attached hydrogens (tertiary/aromatic N) is 1. The molecule has 3 aromatic rings. The lowest BCUT2D eigenvalue weighted by atomic mass is 10.1. The molecular weight excluding hydrogens is 412 g/mol. The normalized spacial score (nSPS) is 13.3. The molecule has 0 aliphatic carbocycles. The first kappa shape index (κ1) is 19.7. The van der Waals surface area contributed by atoms with Crippen LogP contribution in [-0.2, 0) is 10.0 Å². The summed E-state index contributed by atoms with van der Waals surface area (Å²) >= 11 is 5.83. The minimum absolute atomic E-state index is 0.105. The molecule has 0 aromatic heterocycles. The first-order valence-corrected chi connectivity index (χ1v) is 11.0. The van der Waals surface area contributed by atoms with Crippen molar-refractivity contribution in [3.05, 3.63) is 65.2 Å². The molecule has 0 fully saturated rings. The molecule has 1 aliphatic heterocycles. The number of halogens is 1. The van der Waals surface area contributed by atoms with E-state index in [1.807, 2.05) is 6.92 Å². The monoisotopic (exact) mass is 430 g/mol. The van der Waals surface area contributed by atoms with Crippen molar-refractivity contribution in [2.75, 3.05) is 24.6 Å². The van der Waals surface area contributed by atoms with Crippen LogP contribution in [0.15, 0.2) is 59.5 Å². The van der Waals surface area contributed by atoms with Gasteiger partial charge >= 0.3 is 0 Å². The topological polar surface area (TPSA) is 75.7 Å². The zero-order chi connectivity index (χ0) is 20.6. The van der Waals surface area contributed by atoms with Crippen molar-refractivity contribution in [2.45, 2.75) is 11.8 Å². The van der Waals surface area contributed by atoms with Crippen molar-refractivity contribution >= 4 is 44.0 Å². The van der Waals surface area contributed by atoms with Crippen LogP contribution in [0.25, 0.3) is 10.8 Å². The molecule has 0 atom stereocenters. The summed E-state index contributed by atoms with van der Waals surface area (Å²) in [6, 6.07) is 15.3. The Morgan fingerprint density at radius 1 is 1.07 bits per heavy atom. The van der Waals surface area contributed by atoms with Crippen LogP contribution in [0.4, 0.5) is 5.69 Å². The van der Waals surface area contributed by atoms with Gasteiger partial charge in [-0.3, -0.25) is 4.79 Å². The number of anilines is 1. The number of amides is 1. The van der Waals surface area contributed by atoms with Crippen LogP contribution in [0, 0.1) is 0 Å². The van der Waals surface area contributed by atoms with E-state index < -0.39 is 10.0 Å². The third-order valence-electron chi connectivity index (χ3n) is 4.83. The first-order chi connectivity index (χ1) is 13.9. The lowest BCUT2D eigenvalue weighted by molar-refractivity contribution is 0.0994. The van der Waals surface area contributed by atoms with Crippen molar-refractivity contribution in [3.8, 4) is 5.75 Å². The number of sulfonamides is 1. The molecule has 29 heavy (non-hydrogen) atoms. The van der Waals surface area contributed by atoms with Gasteiger partial charge in [0.2, 0.25) is 10.0 Å². The molecule has 6 nitrogen and oxygen atoms in total. The van der Waals surface area contributed by atoms with Gasteiger partial charge in [0.1, 0.15) is 12.4 Å². The number of nitrogens with one attached hydrogen (secondary N) is 1. The second-order valence-corrected chi connectivity index (χ2v) is 8.73. The Bertz CT molecular complexity index is 1190. The van der Waals surface area contributed by atoms with Crippen molar-refractivity contribution in [1.29, 1.82) is 0 Å². The molecule has 0 saturated heterocycles. The average molecular weight is 431 g/mol. The maximum absolute atomic E-state index is 12.9. The van der Waals surface area contributed by atoms with Crippen LogP contribution >= 0.6 is 11.6 Å². The van der Waals surface area contributed by atoms with Crippen molar-refractivity contribution < 1.29 is 17.9 Å². The van der Waals surface area contributed by atoms with E-state index in [4.69, 9.17) is 16.3 Å². The Kier molecular flexibility index (Phi) is 5.21. The predicted octanol–water partition coefficient (Wildman–Crippen LogP) is 3.83. The summed E-state index contributed by atoms with van der Waals surface area (Å²) < 4.78 is 33.9. The molecule has 150 valence electrons. The van der Waals surface area contributed by atoms with Gasteiger partial charge in [0.15, 0.2) is 0 Å². The van der Waals surface area contributed by atoms with Crippen molar-refractivity contribution in [1.82, 2.24) is 4.72 Å². The van der Waals surface area contributed by atoms with Crippen molar-refractivity contribution in [3.63, 3.8) is 0 Å². The molecule has 0 spiro atoms. The maximum Gasteiger partial charge on any atom is 0.258 e. The summed E-state index contributed by atoms with van der Waals surface area (Å²) in [6.45, 7) is 2.69. The minimum atomic E-state index is -3.78. The molecule has 8 heteroatoms. The quantitative estimate of drug-likeness (QED) is 0.578. The van der Waals surface area contributed by atoms with Crippen LogP contribution in [0.3, 0.4) is 0 Å². The number of hydrogen-bond acceptors (Lipinski definition) is 4. The van der Waals surface area contributed by atoms with E-state index in [1.165, 1.54) is 0 Å². The molecule has 0 saturated carbocycles. The van der Waals surface area contributed by atoms with Gasteiger partial charge in [0.25, 0.3) is 5.91 Å². The molecule has 0 bridgehead atoms. The fourth-order valence-electron chi connectivity index (χ4n) is 3.52.